The molecule has 1 N–H and O–H groups in total. The molecule has 1 amide bonds. The van der Waals surface area contributed by atoms with Crippen molar-refractivity contribution in [3.8, 4) is 5.69 Å². The van der Waals surface area contributed by atoms with Gasteiger partial charge < -0.3 is 14.6 Å². The molecule has 0 saturated heterocycles. The van der Waals surface area contributed by atoms with E-state index in [2.05, 4.69) is 20.6 Å². The highest BCUT2D eigenvalue weighted by atomic mass is 16.5. The molecule has 2 heterocycles. The Labute approximate surface area is 184 Å². The molecular weight excluding hydrogens is 408 g/mol. The van der Waals surface area contributed by atoms with Gasteiger partial charge in [-0.05, 0) is 43.7 Å². The maximum atomic E-state index is 12.9. The topological polar surface area (TPSA) is 104 Å². The van der Waals surface area contributed by atoms with E-state index in [9.17, 15) is 9.59 Å². The second-order valence-corrected chi connectivity index (χ2v) is 7.36. The van der Waals surface area contributed by atoms with Gasteiger partial charge in [-0.3, -0.25) is 9.59 Å². The Morgan fingerprint density at radius 1 is 1.09 bits per heavy atom. The number of nitrogens with zero attached hydrogens (tertiary/aromatic N) is 5. The summed E-state index contributed by atoms with van der Waals surface area (Å²) in [7, 11) is 1.66. The Morgan fingerprint density at radius 2 is 1.84 bits per heavy atom. The first-order valence-corrected chi connectivity index (χ1v) is 10.3. The van der Waals surface area contributed by atoms with Gasteiger partial charge in [-0.2, -0.15) is 9.78 Å². The van der Waals surface area contributed by atoms with Crippen molar-refractivity contribution in [2.45, 2.75) is 26.4 Å². The van der Waals surface area contributed by atoms with Crippen molar-refractivity contribution in [3.63, 3.8) is 0 Å². The Bertz CT molecular complexity index is 1290. The van der Waals surface area contributed by atoms with Crippen LogP contribution in [0.5, 0.6) is 0 Å². The smallest absolute Gasteiger partial charge is 0.279 e. The molecule has 0 atom stereocenters. The van der Waals surface area contributed by atoms with Crippen LogP contribution in [0.3, 0.4) is 0 Å². The number of rotatable bonds is 8. The summed E-state index contributed by atoms with van der Waals surface area (Å²) in [6.45, 7) is 3.49. The molecule has 0 unspecified atom stereocenters. The number of nitrogens with one attached hydrogen (secondary N) is 1. The van der Waals surface area contributed by atoms with Gasteiger partial charge in [0.1, 0.15) is 6.33 Å². The van der Waals surface area contributed by atoms with Gasteiger partial charge in [-0.1, -0.05) is 18.2 Å². The van der Waals surface area contributed by atoms with Gasteiger partial charge in [0.2, 0.25) is 0 Å². The van der Waals surface area contributed by atoms with E-state index in [1.165, 1.54) is 4.68 Å². The molecule has 0 saturated carbocycles. The summed E-state index contributed by atoms with van der Waals surface area (Å²) < 4.78 is 8.32. The van der Waals surface area contributed by atoms with E-state index in [4.69, 9.17) is 4.74 Å². The number of ether oxygens (including phenoxy) is 1. The standard InChI is InChI=1S/C23H24N6O3/c1-16-19-6-3-4-7-20(19)23(31)29(27-16)18-10-8-17(9-11-18)22(30)24-14-21-26-25-15-28(21)12-5-13-32-2/h3-4,6-11,15H,5,12-14H2,1-2H3,(H,24,30). The molecule has 164 valence electrons. The SMILES string of the molecule is COCCCn1cnnc1CNC(=O)c1ccc(-n2nc(C)c3ccccc3c2=O)cc1. The molecule has 9 nitrogen and oxygen atoms in total. The molecule has 9 heteroatoms. The first kappa shape index (κ1) is 21.4. The summed E-state index contributed by atoms with van der Waals surface area (Å²) in [5.74, 6) is 0.437. The lowest BCUT2D eigenvalue weighted by Crippen LogP contribution is -2.25. The Hall–Kier alpha value is -3.85. The number of amides is 1. The summed E-state index contributed by atoms with van der Waals surface area (Å²) in [6.07, 6.45) is 2.47. The number of aryl methyl sites for hydroxylation is 2. The van der Waals surface area contributed by atoms with Gasteiger partial charge in [0.25, 0.3) is 11.5 Å². The lowest BCUT2D eigenvalue weighted by atomic mass is 10.1. The van der Waals surface area contributed by atoms with Crippen LogP contribution in [0, 0.1) is 6.92 Å². The molecule has 0 aliphatic rings. The Balaban J connectivity index is 1.47. The maximum Gasteiger partial charge on any atom is 0.279 e. The van der Waals surface area contributed by atoms with E-state index >= 15 is 0 Å². The molecule has 2 aromatic heterocycles. The van der Waals surface area contributed by atoms with Crippen LogP contribution in [-0.4, -0.2) is 44.2 Å². The molecule has 2 aromatic carbocycles. The summed E-state index contributed by atoms with van der Waals surface area (Å²) in [5, 5.41) is 16.7. The Morgan fingerprint density at radius 3 is 2.59 bits per heavy atom. The third kappa shape index (κ3) is 4.42. The fourth-order valence-corrected chi connectivity index (χ4v) is 3.52. The molecule has 0 aliphatic heterocycles. The van der Waals surface area contributed by atoms with E-state index in [0.29, 0.717) is 35.6 Å². The van der Waals surface area contributed by atoms with Crippen molar-refractivity contribution >= 4 is 16.7 Å². The number of carbonyl (C=O) groups excluding carboxylic acids is 1. The van der Waals surface area contributed by atoms with Gasteiger partial charge >= 0.3 is 0 Å². The number of methoxy groups -OCH3 is 1. The molecule has 0 spiro atoms. The zero-order valence-corrected chi connectivity index (χ0v) is 18.0. The van der Waals surface area contributed by atoms with Crippen molar-refractivity contribution < 1.29 is 9.53 Å². The number of hydrogen-bond donors (Lipinski definition) is 1. The predicted molar refractivity (Wildman–Crippen MR) is 120 cm³/mol. The van der Waals surface area contributed by atoms with Crippen molar-refractivity contribution in [2.75, 3.05) is 13.7 Å². The van der Waals surface area contributed by atoms with Gasteiger partial charge in [-0.15, -0.1) is 10.2 Å². The summed E-state index contributed by atoms with van der Waals surface area (Å²) in [6, 6.07) is 14.2. The van der Waals surface area contributed by atoms with Gasteiger partial charge in [0.15, 0.2) is 5.82 Å². The van der Waals surface area contributed by atoms with E-state index in [0.717, 1.165) is 17.5 Å². The molecule has 32 heavy (non-hydrogen) atoms. The predicted octanol–water partition coefficient (Wildman–Crippen LogP) is 2.25. The molecule has 0 bridgehead atoms. The second-order valence-electron chi connectivity index (χ2n) is 7.36. The minimum Gasteiger partial charge on any atom is -0.385 e. The minimum absolute atomic E-state index is 0.198. The highest BCUT2D eigenvalue weighted by Crippen LogP contribution is 2.14. The fraction of sp³-hybridized carbons (Fsp3) is 0.261. The molecule has 0 fully saturated rings. The van der Waals surface area contributed by atoms with Gasteiger partial charge in [0.05, 0.1) is 23.3 Å². The highest BCUT2D eigenvalue weighted by molar-refractivity contribution is 5.94. The summed E-state index contributed by atoms with van der Waals surface area (Å²) in [5.41, 5.74) is 1.64. The maximum absolute atomic E-state index is 12.9. The van der Waals surface area contributed by atoms with Crippen LogP contribution in [-0.2, 0) is 17.8 Å². The molecule has 0 radical (unpaired) electrons. The van der Waals surface area contributed by atoms with Crippen LogP contribution >= 0.6 is 0 Å². The first-order chi connectivity index (χ1) is 15.6. The van der Waals surface area contributed by atoms with Gasteiger partial charge in [-0.25, -0.2) is 0 Å². The third-order valence-electron chi connectivity index (χ3n) is 5.21. The lowest BCUT2D eigenvalue weighted by molar-refractivity contribution is 0.0949. The van der Waals surface area contributed by atoms with E-state index in [1.54, 1.807) is 43.8 Å². The van der Waals surface area contributed by atoms with E-state index < -0.39 is 0 Å². The van der Waals surface area contributed by atoms with Crippen LogP contribution in [0.25, 0.3) is 16.5 Å². The van der Waals surface area contributed by atoms with Gasteiger partial charge in [0, 0.05) is 31.2 Å². The van der Waals surface area contributed by atoms with Crippen LogP contribution < -0.4 is 10.9 Å². The Kier molecular flexibility index (Phi) is 6.37. The molecule has 0 aliphatic carbocycles. The fourth-order valence-electron chi connectivity index (χ4n) is 3.52. The largest absolute Gasteiger partial charge is 0.385 e. The number of carbonyl (C=O) groups is 1. The lowest BCUT2D eigenvalue weighted by Gasteiger charge is -2.10. The quantitative estimate of drug-likeness (QED) is 0.428. The number of aromatic nitrogens is 5. The van der Waals surface area contributed by atoms with E-state index in [-0.39, 0.29) is 18.0 Å². The normalized spacial score (nSPS) is 11.1. The summed E-state index contributed by atoms with van der Waals surface area (Å²) in [4.78, 5) is 25.4. The molecular formula is C23H24N6O3. The van der Waals surface area contributed by atoms with Crippen molar-refractivity contribution in [1.29, 1.82) is 0 Å². The summed E-state index contributed by atoms with van der Waals surface area (Å²) >= 11 is 0. The van der Waals surface area contributed by atoms with Crippen LogP contribution in [0.4, 0.5) is 0 Å². The molecule has 4 rings (SSSR count). The second kappa shape index (κ2) is 9.52. The van der Waals surface area contributed by atoms with Crippen molar-refractivity contribution in [3.05, 3.63) is 82.3 Å². The minimum atomic E-state index is -0.238. The van der Waals surface area contributed by atoms with Crippen LogP contribution in [0.1, 0.15) is 28.3 Å². The third-order valence-corrected chi connectivity index (χ3v) is 5.21. The molecule has 4 aromatic rings. The average Bonchev–Trinajstić information content (AvgIpc) is 3.27. The van der Waals surface area contributed by atoms with Crippen LogP contribution in [0.15, 0.2) is 59.7 Å². The van der Waals surface area contributed by atoms with E-state index in [1.807, 2.05) is 29.7 Å². The zero-order valence-electron chi connectivity index (χ0n) is 18.0. The van der Waals surface area contributed by atoms with Crippen molar-refractivity contribution in [2.24, 2.45) is 0 Å². The number of benzene rings is 2. The monoisotopic (exact) mass is 432 g/mol. The van der Waals surface area contributed by atoms with Crippen LogP contribution in [0.2, 0.25) is 0 Å². The zero-order chi connectivity index (χ0) is 22.5. The average molecular weight is 432 g/mol. The number of hydrogen-bond acceptors (Lipinski definition) is 6. The first-order valence-electron chi connectivity index (χ1n) is 10.3. The number of fused-ring (bicyclic) bond motifs is 1. The highest BCUT2D eigenvalue weighted by Gasteiger charge is 2.12. The van der Waals surface area contributed by atoms with Crippen molar-refractivity contribution in [1.82, 2.24) is 29.9 Å².